The number of anilines is 2. The molecule has 0 aliphatic carbocycles. The Morgan fingerprint density at radius 1 is 1.09 bits per heavy atom. The Labute approximate surface area is 186 Å². The Balaban J connectivity index is 1.42. The molecule has 0 unspecified atom stereocenters. The molecule has 0 radical (unpaired) electrons. The number of nitrogens with one attached hydrogen (secondary N) is 2. The number of nitrogen functional groups attached to an aromatic ring is 1. The number of aliphatic carboxylic acids is 1. The molecule has 166 valence electrons. The molecule has 11 nitrogen and oxygen atoms in total. The zero-order valence-electron chi connectivity index (χ0n) is 17.1. The number of H-pyrrole nitrogens is 1. The van der Waals surface area contributed by atoms with Gasteiger partial charge < -0.3 is 20.9 Å². The van der Waals surface area contributed by atoms with E-state index in [-0.39, 0.29) is 29.2 Å². The number of fused-ring (bicyclic) bond motifs is 1. The third-order valence-electron chi connectivity index (χ3n) is 4.63. The summed E-state index contributed by atoms with van der Waals surface area (Å²) in [6, 6.07) is 14.5. The average molecular weight is 446 g/mol. The molecule has 2 aromatic carbocycles. The third-order valence-corrected chi connectivity index (χ3v) is 4.63. The summed E-state index contributed by atoms with van der Waals surface area (Å²) in [4.78, 5) is 50.5. The lowest BCUT2D eigenvalue weighted by molar-refractivity contribution is -0.147. The summed E-state index contributed by atoms with van der Waals surface area (Å²) in [6.07, 6.45) is 0.0683. The highest BCUT2D eigenvalue weighted by atomic mass is 16.6. The van der Waals surface area contributed by atoms with E-state index >= 15 is 0 Å². The molecule has 0 saturated carbocycles. The predicted molar refractivity (Wildman–Crippen MR) is 118 cm³/mol. The molecule has 0 spiro atoms. The second-order valence-electron chi connectivity index (χ2n) is 6.95. The zero-order chi connectivity index (χ0) is 23.4. The van der Waals surface area contributed by atoms with E-state index in [4.69, 9.17) is 10.5 Å². The zero-order valence-corrected chi connectivity index (χ0v) is 17.1. The molecular weight excluding hydrogens is 428 g/mol. The minimum Gasteiger partial charge on any atom is -0.478 e. The molecule has 0 aliphatic rings. The first-order valence-electron chi connectivity index (χ1n) is 9.75. The molecule has 4 aromatic rings. The van der Waals surface area contributed by atoms with Crippen LogP contribution >= 0.6 is 0 Å². The Kier molecular flexibility index (Phi) is 5.94. The van der Waals surface area contributed by atoms with E-state index < -0.39 is 23.6 Å². The van der Waals surface area contributed by atoms with Crippen LogP contribution in [0.4, 0.5) is 11.6 Å². The maximum atomic E-state index is 12.4. The Morgan fingerprint density at radius 2 is 1.82 bits per heavy atom. The smallest absolute Gasteiger partial charge is 0.349 e. The van der Waals surface area contributed by atoms with Crippen LogP contribution in [0.15, 0.2) is 65.6 Å². The minimum absolute atomic E-state index is 0.0373. The quantitative estimate of drug-likeness (QED) is 0.307. The number of aromatic amines is 1. The Hall–Kier alpha value is -4.80. The monoisotopic (exact) mass is 446 g/mol. The van der Waals surface area contributed by atoms with Crippen LogP contribution in [-0.4, -0.2) is 37.0 Å². The van der Waals surface area contributed by atoms with Crippen molar-refractivity contribution >= 4 is 34.7 Å². The summed E-state index contributed by atoms with van der Waals surface area (Å²) >= 11 is 0. The van der Waals surface area contributed by atoms with E-state index in [1.165, 1.54) is 18.3 Å². The van der Waals surface area contributed by atoms with Gasteiger partial charge in [-0.05, 0) is 24.3 Å². The number of hydrogen-bond donors (Lipinski definition) is 4. The number of carbonyl (C=O) groups excluding carboxylic acids is 1. The second-order valence-corrected chi connectivity index (χ2v) is 6.95. The van der Waals surface area contributed by atoms with Gasteiger partial charge in [-0.25, -0.2) is 19.6 Å². The lowest BCUT2D eigenvalue weighted by atomic mass is 10.1. The maximum Gasteiger partial charge on any atom is 0.349 e. The fourth-order valence-electron chi connectivity index (χ4n) is 3.04. The van der Waals surface area contributed by atoms with Gasteiger partial charge in [0, 0.05) is 11.3 Å². The average Bonchev–Trinajstić information content (AvgIpc) is 2.82. The first-order valence-corrected chi connectivity index (χ1v) is 9.75. The number of esters is 1. The highest BCUT2D eigenvalue weighted by Gasteiger charge is 2.24. The number of aromatic nitrogens is 4. The van der Waals surface area contributed by atoms with Crippen LogP contribution in [0, 0.1) is 0 Å². The molecule has 0 bridgehead atoms. The van der Waals surface area contributed by atoms with E-state index in [9.17, 15) is 19.5 Å². The number of ether oxygens (including phenoxy) is 1. The number of nitrogens with zero attached hydrogens (tertiary/aromatic N) is 3. The van der Waals surface area contributed by atoms with Gasteiger partial charge >= 0.3 is 11.9 Å². The molecule has 5 N–H and O–H groups in total. The van der Waals surface area contributed by atoms with Crippen molar-refractivity contribution in [1.29, 1.82) is 0 Å². The van der Waals surface area contributed by atoms with Crippen molar-refractivity contribution in [3.8, 4) is 0 Å². The van der Waals surface area contributed by atoms with Gasteiger partial charge in [0.05, 0.1) is 24.0 Å². The van der Waals surface area contributed by atoms with Crippen molar-refractivity contribution in [2.75, 3.05) is 11.1 Å². The van der Waals surface area contributed by atoms with Crippen molar-refractivity contribution in [3.05, 3.63) is 88.0 Å². The first kappa shape index (κ1) is 21.4. The van der Waals surface area contributed by atoms with Gasteiger partial charge in [0.15, 0.2) is 11.2 Å². The van der Waals surface area contributed by atoms with Crippen LogP contribution in [0.2, 0.25) is 0 Å². The maximum absolute atomic E-state index is 12.4. The highest BCUT2D eigenvalue weighted by Crippen LogP contribution is 2.20. The van der Waals surface area contributed by atoms with E-state index in [1.807, 2.05) is 0 Å². The van der Waals surface area contributed by atoms with Crippen molar-refractivity contribution in [2.45, 2.75) is 12.6 Å². The number of nitrogens with two attached hydrogens (primary N) is 1. The van der Waals surface area contributed by atoms with Gasteiger partial charge in [-0.15, -0.1) is 0 Å². The second kappa shape index (κ2) is 9.14. The molecule has 0 saturated heterocycles. The predicted octanol–water partition coefficient (Wildman–Crippen LogP) is 1.89. The topological polar surface area (TPSA) is 173 Å². The van der Waals surface area contributed by atoms with Gasteiger partial charge in [-0.3, -0.25) is 9.78 Å². The highest BCUT2D eigenvalue weighted by molar-refractivity contribution is 5.91. The Bertz CT molecular complexity index is 1370. The van der Waals surface area contributed by atoms with Crippen LogP contribution in [-0.2, 0) is 16.1 Å². The normalized spacial score (nSPS) is 11.6. The molecule has 2 aromatic heterocycles. The summed E-state index contributed by atoms with van der Waals surface area (Å²) in [5, 5.41) is 12.5. The van der Waals surface area contributed by atoms with Crippen molar-refractivity contribution < 1.29 is 19.4 Å². The number of rotatable bonds is 7. The Morgan fingerprint density at radius 3 is 2.52 bits per heavy atom. The van der Waals surface area contributed by atoms with E-state index in [0.717, 1.165) is 0 Å². The summed E-state index contributed by atoms with van der Waals surface area (Å²) in [5.74, 6) is -2.06. The van der Waals surface area contributed by atoms with Crippen LogP contribution in [0.3, 0.4) is 0 Å². The number of carbonyl (C=O) groups is 2. The summed E-state index contributed by atoms with van der Waals surface area (Å²) in [5.41, 5.74) is 6.96. The molecule has 4 rings (SSSR count). The molecule has 0 aliphatic heterocycles. The molecule has 2 heterocycles. The van der Waals surface area contributed by atoms with Crippen LogP contribution < -0.4 is 16.6 Å². The lowest BCUT2D eigenvalue weighted by Gasteiger charge is -2.14. The van der Waals surface area contributed by atoms with Crippen LogP contribution in [0.25, 0.3) is 11.2 Å². The fourth-order valence-corrected chi connectivity index (χ4v) is 3.04. The first-order chi connectivity index (χ1) is 15.9. The van der Waals surface area contributed by atoms with Gasteiger partial charge in [0.25, 0.3) is 5.56 Å². The third kappa shape index (κ3) is 4.93. The lowest BCUT2D eigenvalue weighted by Crippen LogP contribution is -2.19. The molecule has 33 heavy (non-hydrogen) atoms. The summed E-state index contributed by atoms with van der Waals surface area (Å²) in [7, 11) is 0. The van der Waals surface area contributed by atoms with Crippen LogP contribution in [0.5, 0.6) is 0 Å². The molecule has 0 amide bonds. The largest absolute Gasteiger partial charge is 0.478 e. The van der Waals surface area contributed by atoms with Gasteiger partial charge in [-0.2, -0.15) is 4.98 Å². The van der Waals surface area contributed by atoms with Crippen molar-refractivity contribution in [2.24, 2.45) is 0 Å². The molecule has 11 heteroatoms. The molecular formula is C22H18N6O5. The van der Waals surface area contributed by atoms with Gasteiger partial charge in [-0.1, -0.05) is 30.3 Å². The number of hydrogen-bond acceptors (Lipinski definition) is 9. The van der Waals surface area contributed by atoms with Crippen molar-refractivity contribution in [1.82, 2.24) is 19.9 Å². The van der Waals surface area contributed by atoms with E-state index in [1.54, 1.807) is 42.5 Å². The number of carboxylic acid groups (broad SMARTS) is 1. The number of carboxylic acids is 1. The van der Waals surface area contributed by atoms with Crippen molar-refractivity contribution in [3.63, 3.8) is 0 Å². The summed E-state index contributed by atoms with van der Waals surface area (Å²) < 4.78 is 5.19. The fraction of sp³-hybridized carbons (Fsp3) is 0.0909. The minimum atomic E-state index is -1.41. The SMILES string of the molecule is Nc1nc2ncc(CNc3ccc(C(=O)O[C@@H](C(=O)O)c4ccccc4)cc3)nc2c(=O)[nH]1. The molecule has 0 fully saturated rings. The van der Waals surface area contributed by atoms with E-state index in [2.05, 4.69) is 25.3 Å². The standard InChI is InChI=1S/C22H18N6O5/c23-22-27-18-16(19(29)28-22)26-15(11-25-18)10-24-14-8-6-13(7-9-14)21(32)33-17(20(30)31)12-4-2-1-3-5-12/h1-9,11,17,24H,10H2,(H,30,31)(H3,23,25,27,28,29)/t17-/m1/s1. The summed E-state index contributed by atoms with van der Waals surface area (Å²) in [6.45, 7) is 0.256. The van der Waals surface area contributed by atoms with Gasteiger partial charge in [0.1, 0.15) is 0 Å². The number of benzene rings is 2. The van der Waals surface area contributed by atoms with E-state index in [0.29, 0.717) is 16.9 Å². The van der Waals surface area contributed by atoms with Gasteiger partial charge in [0.2, 0.25) is 12.1 Å². The molecule has 1 atom stereocenters. The van der Waals surface area contributed by atoms with Crippen LogP contribution in [0.1, 0.15) is 27.7 Å².